The Morgan fingerprint density at radius 3 is 1.59 bits per heavy atom. The summed E-state index contributed by atoms with van der Waals surface area (Å²) >= 11 is 0. The Morgan fingerprint density at radius 1 is 0.686 bits per heavy atom. The fourth-order valence-electron chi connectivity index (χ4n) is 5.50. The van der Waals surface area contributed by atoms with Crippen molar-refractivity contribution in [3.63, 3.8) is 0 Å². The highest BCUT2D eigenvalue weighted by atomic mass is 16.6. The van der Waals surface area contributed by atoms with Gasteiger partial charge in [0.2, 0.25) is 0 Å². The molecule has 1 saturated heterocycles. The van der Waals surface area contributed by atoms with E-state index in [1.807, 2.05) is 89.2 Å². The van der Waals surface area contributed by atoms with Gasteiger partial charge in [-0.3, -0.25) is 20.2 Å². The molecule has 3 atom stereocenters. The Bertz CT molecular complexity index is 2340. The van der Waals surface area contributed by atoms with Crippen LogP contribution in [0.3, 0.4) is 0 Å². The third-order valence-electron chi connectivity index (χ3n) is 10.4. The van der Waals surface area contributed by atoms with Crippen molar-refractivity contribution in [1.82, 2.24) is 39.7 Å². The van der Waals surface area contributed by atoms with Crippen molar-refractivity contribution in [1.29, 1.82) is 0 Å². The zero-order chi connectivity index (χ0) is 53.1. The van der Waals surface area contributed by atoms with Crippen LogP contribution in [0.2, 0.25) is 0 Å². The van der Waals surface area contributed by atoms with Crippen molar-refractivity contribution in [2.24, 2.45) is 5.92 Å². The van der Waals surface area contributed by atoms with E-state index in [0.717, 1.165) is 28.4 Å². The predicted molar refractivity (Wildman–Crippen MR) is 267 cm³/mol. The lowest BCUT2D eigenvalue weighted by Crippen LogP contribution is -2.43. The largest absolute Gasteiger partial charge is 0.466 e. The summed E-state index contributed by atoms with van der Waals surface area (Å²) in [5, 5.41) is 5.25. The highest BCUT2D eigenvalue weighted by Gasteiger charge is 2.42. The predicted octanol–water partition coefficient (Wildman–Crippen LogP) is 8.73. The lowest BCUT2D eigenvalue weighted by atomic mass is 9.92. The van der Waals surface area contributed by atoms with Crippen molar-refractivity contribution >= 4 is 53.5 Å². The first-order chi connectivity index (χ1) is 32.6. The number of aromatic nitrogens is 6. The molecule has 0 unspecified atom stereocenters. The van der Waals surface area contributed by atoms with E-state index in [0.29, 0.717) is 29.8 Å². The monoisotopic (exact) mass is 972 g/mol. The van der Waals surface area contributed by atoms with Gasteiger partial charge in [0.05, 0.1) is 36.2 Å². The van der Waals surface area contributed by atoms with Gasteiger partial charge in [0.15, 0.2) is 0 Å². The second-order valence-corrected chi connectivity index (χ2v) is 19.2. The number of likely N-dealkylation sites (N-methyl/N-ethyl adjacent to an activating group) is 2. The molecule has 1 aromatic carbocycles. The molecule has 0 spiro atoms. The van der Waals surface area contributed by atoms with Gasteiger partial charge in [-0.2, -0.15) is 0 Å². The number of rotatable bonds is 10. The number of anilines is 3. The lowest BCUT2D eigenvalue weighted by Gasteiger charge is -2.23. The maximum absolute atomic E-state index is 12.2. The summed E-state index contributed by atoms with van der Waals surface area (Å²) in [6, 6.07) is 12.1. The van der Waals surface area contributed by atoms with Crippen LogP contribution in [-0.4, -0.2) is 115 Å². The minimum absolute atomic E-state index is 0.0601. The van der Waals surface area contributed by atoms with E-state index in [1.54, 1.807) is 70.3 Å². The molecule has 4 heterocycles. The first-order valence-electron chi connectivity index (χ1n) is 23.1. The number of hydrogen-bond donors (Lipinski definition) is 2. The van der Waals surface area contributed by atoms with Gasteiger partial charge < -0.3 is 24.0 Å². The van der Waals surface area contributed by atoms with Crippen LogP contribution >= 0.6 is 0 Å². The van der Waals surface area contributed by atoms with E-state index < -0.39 is 30.2 Å². The molecule has 70 heavy (non-hydrogen) atoms. The number of benzene rings is 1. The van der Waals surface area contributed by atoms with Crippen molar-refractivity contribution < 1.29 is 43.0 Å². The molecule has 0 aliphatic carbocycles. The Labute approximate surface area is 412 Å². The first-order valence-corrected chi connectivity index (χ1v) is 23.1. The number of esters is 2. The zero-order valence-corrected chi connectivity index (χ0v) is 43.9. The third kappa shape index (κ3) is 18.4. The van der Waals surface area contributed by atoms with Gasteiger partial charge in [-0.05, 0) is 46.2 Å². The smallest absolute Gasteiger partial charge is 0.418 e. The molecule has 0 saturated carbocycles. The molecule has 4 aromatic rings. The minimum atomic E-state index is -0.677. The molecule has 2 N–H and O–H groups in total. The normalized spacial score (nSPS) is 14.2. The molecule has 0 radical (unpaired) electrons. The molecule has 3 aromatic heterocycles. The van der Waals surface area contributed by atoms with Gasteiger partial charge in [-0.25, -0.2) is 54.0 Å². The second-order valence-electron chi connectivity index (χ2n) is 19.2. The van der Waals surface area contributed by atoms with Gasteiger partial charge in [0.25, 0.3) is 5.91 Å². The number of nitrogens with one attached hydrogen (secondary N) is 2. The van der Waals surface area contributed by atoms with Crippen LogP contribution < -0.4 is 20.3 Å². The molecule has 0 bridgehead atoms. The summed E-state index contributed by atoms with van der Waals surface area (Å²) in [5.74, 6) is 0.911. The second kappa shape index (κ2) is 26.6. The maximum Gasteiger partial charge on any atom is 0.418 e. The first kappa shape index (κ1) is 59.0. The summed E-state index contributed by atoms with van der Waals surface area (Å²) in [7, 11) is 3.14. The number of carbonyl (C=O) groups excluding carboxylic acids is 6. The molecule has 6 amide bonds. The van der Waals surface area contributed by atoms with Crippen molar-refractivity contribution in [2.45, 2.75) is 139 Å². The van der Waals surface area contributed by atoms with Crippen LogP contribution in [0.1, 0.15) is 127 Å². The van der Waals surface area contributed by atoms with Gasteiger partial charge in [-0.1, -0.05) is 94.4 Å². The quantitative estimate of drug-likeness (QED) is 0.112. The van der Waals surface area contributed by atoms with Crippen LogP contribution in [0.4, 0.5) is 31.8 Å². The number of hydrogen-bond acceptors (Lipinski definition) is 15. The number of urea groups is 2. The van der Waals surface area contributed by atoms with E-state index in [2.05, 4.69) is 40.5 Å². The average Bonchev–Trinajstić information content (AvgIpc) is 3.49. The van der Waals surface area contributed by atoms with Crippen molar-refractivity contribution in [2.75, 3.05) is 42.8 Å². The zero-order valence-electron chi connectivity index (χ0n) is 43.9. The Hall–Kier alpha value is -7.12. The van der Waals surface area contributed by atoms with Crippen molar-refractivity contribution in [3.05, 3.63) is 84.6 Å². The van der Waals surface area contributed by atoms with Gasteiger partial charge >= 0.3 is 30.1 Å². The van der Waals surface area contributed by atoms with E-state index in [4.69, 9.17) is 14.2 Å². The van der Waals surface area contributed by atoms with Gasteiger partial charge in [0.1, 0.15) is 54.3 Å². The number of ether oxygens (including phenoxy) is 3. The molecular formula is C50H73N11O9. The number of para-hydroxylation sites is 1. The van der Waals surface area contributed by atoms with Crippen LogP contribution in [0.15, 0.2) is 67.5 Å². The Kier molecular flexibility index (Phi) is 22.4. The molecule has 20 nitrogen and oxygen atoms in total. The fraction of sp³-hybridized carbons (Fsp3) is 0.520. The third-order valence-corrected chi connectivity index (χ3v) is 10.4. The lowest BCUT2D eigenvalue weighted by molar-refractivity contribution is -0.148. The number of carbonyl (C=O) groups is 6. The summed E-state index contributed by atoms with van der Waals surface area (Å²) in [6.07, 6.45) is 4.51. The summed E-state index contributed by atoms with van der Waals surface area (Å²) < 4.78 is 14.8. The van der Waals surface area contributed by atoms with Crippen LogP contribution in [0.25, 0.3) is 0 Å². The van der Waals surface area contributed by atoms with Gasteiger partial charge in [-0.15, -0.1) is 0 Å². The molecule has 382 valence electrons. The van der Waals surface area contributed by atoms with Crippen LogP contribution in [0, 0.1) is 5.92 Å². The van der Waals surface area contributed by atoms with Crippen LogP contribution in [-0.2, 0) is 40.1 Å². The Morgan fingerprint density at radius 2 is 1.14 bits per heavy atom. The molecular weight excluding hydrogens is 899 g/mol. The number of nitrogens with zero attached hydrogens (tertiary/aromatic N) is 9. The summed E-state index contributed by atoms with van der Waals surface area (Å²) in [4.78, 5) is 99.0. The SMILES string of the molecule is CC(C)(C)c1cc(NC(=O)Oc2ccccc2)ncn1.CCOC(=O)[C@H](C)CC.CCOC(=O)[C@H](C)N(C)C(=O)Nc1cc(C(C)(C)C)ncn1.C[C@H]1C(=O)N(c2cc(C(C)(C)C)ncn2)C(=O)N1C. The average molecular weight is 972 g/mol. The highest BCUT2D eigenvalue weighted by Crippen LogP contribution is 2.27. The van der Waals surface area contributed by atoms with E-state index in [9.17, 15) is 28.8 Å². The molecule has 1 aliphatic rings. The molecule has 5 rings (SSSR count). The standard InChI is InChI=1S/C15H24N4O3.C15H17N3O2.C13H18N4O2.C7H14O2/c1-7-22-13(20)10(2)19(6)14(21)18-12-8-11(15(3,4)5)16-9-17-12;1-15(2,3)12-9-13(17-10-16-12)18-14(19)20-11-7-5-4-6-8-11;1-8-11(18)17(12(19)16(8)5)10-6-9(13(2,3)4)14-7-15-10;1-4-6(3)7(8)9-5-2/h8-10H,7H2,1-6H3,(H,16,17,18,21);4-10H,1-3H3,(H,16,17,18,19);6-8H,1-5H3;6H,4-5H2,1-3H3/t10-;;8-;6-/m0.01/s1. The van der Waals surface area contributed by atoms with Crippen molar-refractivity contribution in [3.8, 4) is 5.75 Å². The number of amides is 6. The fourth-order valence-corrected chi connectivity index (χ4v) is 5.50. The van der Waals surface area contributed by atoms with Crippen LogP contribution in [0.5, 0.6) is 5.75 Å². The van der Waals surface area contributed by atoms with Gasteiger partial charge in [0, 0.05) is 48.5 Å². The van der Waals surface area contributed by atoms with E-state index in [-0.39, 0.29) is 46.7 Å². The maximum atomic E-state index is 12.2. The highest BCUT2D eigenvalue weighted by molar-refractivity contribution is 6.20. The topological polar surface area (TPSA) is 241 Å². The molecule has 1 fully saturated rings. The molecule has 1 aliphatic heterocycles. The van der Waals surface area contributed by atoms with E-state index in [1.165, 1.54) is 35.8 Å². The minimum Gasteiger partial charge on any atom is -0.466 e. The summed E-state index contributed by atoms with van der Waals surface area (Å²) in [5.41, 5.74) is 2.04. The molecule has 20 heteroatoms. The Balaban J connectivity index is 0.000000332. The number of imide groups is 1. The van der Waals surface area contributed by atoms with E-state index >= 15 is 0 Å². The summed E-state index contributed by atoms with van der Waals surface area (Å²) in [6.45, 7) is 29.7.